The summed E-state index contributed by atoms with van der Waals surface area (Å²) >= 11 is 0. The molecular weight excluding hydrogens is 404 g/mol. The molecule has 5 nitrogen and oxygen atoms in total. The molecule has 0 N–H and O–H groups in total. The van der Waals surface area contributed by atoms with Gasteiger partial charge in [-0.25, -0.2) is 4.79 Å². The van der Waals surface area contributed by atoms with E-state index in [4.69, 9.17) is 9.16 Å². The summed E-state index contributed by atoms with van der Waals surface area (Å²) in [6.07, 6.45) is 6.71. The van der Waals surface area contributed by atoms with E-state index >= 15 is 0 Å². The van der Waals surface area contributed by atoms with E-state index in [0.717, 1.165) is 31.2 Å². The van der Waals surface area contributed by atoms with Crippen LogP contribution in [0.25, 0.3) is 0 Å². The van der Waals surface area contributed by atoms with Gasteiger partial charge in [-0.05, 0) is 76.7 Å². The summed E-state index contributed by atoms with van der Waals surface area (Å²) in [5.41, 5.74) is -0.544. The Balaban J connectivity index is 1.93. The number of rotatable bonds is 3. The molecule has 0 unspecified atom stereocenters. The Morgan fingerprint density at radius 3 is 2.32 bits per heavy atom. The fourth-order valence-electron chi connectivity index (χ4n) is 4.25. The number of fused-ring (bicyclic) bond motifs is 2. The van der Waals surface area contributed by atoms with Crippen LogP contribution in [0.3, 0.4) is 0 Å². The molecule has 2 aliphatic heterocycles. The van der Waals surface area contributed by atoms with Crippen LogP contribution in [0.5, 0.6) is 0 Å². The Morgan fingerprint density at radius 2 is 1.81 bits per heavy atom. The van der Waals surface area contributed by atoms with Crippen molar-refractivity contribution < 1.29 is 14.0 Å². The van der Waals surface area contributed by atoms with Crippen LogP contribution in [0.15, 0.2) is 24.5 Å². The predicted molar refractivity (Wildman–Crippen MR) is 126 cm³/mol. The van der Waals surface area contributed by atoms with Crippen LogP contribution < -0.4 is 0 Å². The average Bonchev–Trinajstić information content (AvgIpc) is 3.15. The first kappa shape index (κ1) is 23.8. The van der Waals surface area contributed by atoms with Crippen molar-refractivity contribution >= 4 is 14.4 Å². The van der Waals surface area contributed by atoms with Crippen LogP contribution in [-0.2, 0) is 9.16 Å². The maximum absolute atomic E-state index is 13.4. The van der Waals surface area contributed by atoms with E-state index in [1.165, 1.54) is 0 Å². The second kappa shape index (κ2) is 7.93. The molecule has 1 aromatic heterocycles. The topological polar surface area (TPSA) is 51.7 Å². The Labute approximate surface area is 189 Å². The molecular formula is C25H38N2O3Si. The molecule has 3 rings (SSSR count). The van der Waals surface area contributed by atoms with Gasteiger partial charge in [0.2, 0.25) is 0 Å². The zero-order valence-corrected chi connectivity index (χ0v) is 21.5. The number of hydrogen-bond acceptors (Lipinski definition) is 4. The minimum atomic E-state index is -1.95. The third kappa shape index (κ3) is 4.83. The molecule has 2 saturated heterocycles. The molecule has 1 aromatic rings. The Morgan fingerprint density at radius 1 is 1.16 bits per heavy atom. The second-order valence-corrected chi connectivity index (χ2v) is 16.4. The first-order chi connectivity index (χ1) is 14.2. The summed E-state index contributed by atoms with van der Waals surface area (Å²) in [6, 6.07) is 3.83. The highest BCUT2D eigenvalue weighted by molar-refractivity contribution is 6.74. The zero-order chi connectivity index (χ0) is 23.1. The lowest BCUT2D eigenvalue weighted by molar-refractivity contribution is -0.00574. The number of aromatic nitrogens is 1. The van der Waals surface area contributed by atoms with Crippen molar-refractivity contribution in [3.8, 4) is 11.8 Å². The highest BCUT2D eigenvalue weighted by Gasteiger charge is 2.63. The number of carbonyl (C=O) groups is 1. The van der Waals surface area contributed by atoms with Crippen molar-refractivity contribution in [2.75, 3.05) is 6.61 Å². The third-order valence-corrected chi connectivity index (χ3v) is 11.6. The molecule has 0 atom stereocenters. The molecule has 6 heteroatoms. The largest absolute Gasteiger partial charge is 0.444 e. The molecule has 2 fully saturated rings. The molecule has 0 radical (unpaired) electrons. The van der Waals surface area contributed by atoms with E-state index in [-0.39, 0.29) is 16.7 Å². The van der Waals surface area contributed by atoms with Gasteiger partial charge in [0.1, 0.15) is 11.1 Å². The van der Waals surface area contributed by atoms with Gasteiger partial charge >= 0.3 is 6.09 Å². The van der Waals surface area contributed by atoms with Crippen LogP contribution in [0.2, 0.25) is 18.1 Å². The second-order valence-electron chi connectivity index (χ2n) is 11.6. The van der Waals surface area contributed by atoms with Gasteiger partial charge in [0.15, 0.2) is 8.32 Å². The van der Waals surface area contributed by atoms with E-state index in [0.29, 0.717) is 6.61 Å². The van der Waals surface area contributed by atoms with Crippen LogP contribution in [0, 0.1) is 11.8 Å². The Bertz CT molecular complexity index is 864. The van der Waals surface area contributed by atoms with Crippen molar-refractivity contribution in [2.45, 2.75) is 102 Å². The molecule has 2 aliphatic rings. The van der Waals surface area contributed by atoms with Gasteiger partial charge in [-0.3, -0.25) is 9.88 Å². The van der Waals surface area contributed by atoms with E-state index in [2.05, 4.69) is 50.7 Å². The van der Waals surface area contributed by atoms with E-state index in [1.807, 2.05) is 37.8 Å². The Hall–Kier alpha value is -1.84. The number of ether oxygens (including phenoxy) is 1. The highest BCUT2D eigenvalue weighted by atomic mass is 28.4. The van der Waals surface area contributed by atoms with Gasteiger partial charge in [-0.2, -0.15) is 0 Å². The number of amides is 1. The van der Waals surface area contributed by atoms with Crippen LogP contribution in [0.1, 0.15) is 72.8 Å². The van der Waals surface area contributed by atoms with Gasteiger partial charge in [0.05, 0.1) is 12.1 Å². The van der Waals surface area contributed by atoms with E-state index in [9.17, 15) is 4.79 Å². The molecule has 31 heavy (non-hydrogen) atoms. The zero-order valence-electron chi connectivity index (χ0n) is 20.5. The van der Waals surface area contributed by atoms with E-state index in [1.54, 1.807) is 12.4 Å². The van der Waals surface area contributed by atoms with Gasteiger partial charge < -0.3 is 9.16 Å². The summed E-state index contributed by atoms with van der Waals surface area (Å²) in [5, 5.41) is 0.120. The molecule has 0 spiro atoms. The molecule has 0 aliphatic carbocycles. The lowest BCUT2D eigenvalue weighted by Gasteiger charge is -2.42. The third-order valence-electron chi connectivity index (χ3n) is 7.10. The number of carbonyl (C=O) groups excluding carboxylic acids is 1. The monoisotopic (exact) mass is 442 g/mol. The van der Waals surface area contributed by atoms with Gasteiger partial charge in [0.25, 0.3) is 0 Å². The van der Waals surface area contributed by atoms with Crippen molar-refractivity contribution in [2.24, 2.45) is 0 Å². The predicted octanol–water partition coefficient (Wildman–Crippen LogP) is 5.76. The fourth-order valence-corrected chi connectivity index (χ4v) is 5.31. The minimum Gasteiger partial charge on any atom is -0.444 e. The van der Waals surface area contributed by atoms with E-state index < -0.39 is 19.5 Å². The summed E-state index contributed by atoms with van der Waals surface area (Å²) in [7, 11) is -1.95. The lowest BCUT2D eigenvalue weighted by Crippen LogP contribution is -2.55. The average molecular weight is 443 g/mol. The number of hydrogen-bond donors (Lipinski definition) is 0. The fraction of sp³-hybridized carbons (Fsp3) is 0.680. The number of nitrogens with zero attached hydrogens (tertiary/aromatic N) is 2. The quantitative estimate of drug-likeness (QED) is 0.441. The van der Waals surface area contributed by atoms with Crippen molar-refractivity contribution in [1.82, 2.24) is 9.88 Å². The van der Waals surface area contributed by atoms with Crippen molar-refractivity contribution in [3.05, 3.63) is 30.1 Å². The molecule has 3 heterocycles. The van der Waals surface area contributed by atoms with Crippen LogP contribution in [-0.4, -0.2) is 47.6 Å². The summed E-state index contributed by atoms with van der Waals surface area (Å²) in [6.45, 7) is 17.6. The summed E-state index contributed by atoms with van der Waals surface area (Å²) < 4.78 is 12.5. The Kier molecular flexibility index (Phi) is 6.10. The lowest BCUT2D eigenvalue weighted by atomic mass is 9.83. The SMILES string of the molecule is CC(C)(C)OC(=O)N1C2(C#Cc3cccnc3)CCC1(CO[Si](C)(C)C(C)(C)C)CC2. The molecule has 1 amide bonds. The van der Waals surface area contributed by atoms with Gasteiger partial charge in [-0.1, -0.05) is 32.6 Å². The summed E-state index contributed by atoms with van der Waals surface area (Å²) in [4.78, 5) is 19.6. The maximum atomic E-state index is 13.4. The molecule has 0 aromatic carbocycles. The maximum Gasteiger partial charge on any atom is 0.412 e. The van der Waals surface area contributed by atoms with Crippen molar-refractivity contribution in [3.63, 3.8) is 0 Å². The summed E-state index contributed by atoms with van der Waals surface area (Å²) in [5.74, 6) is 6.73. The highest BCUT2D eigenvalue weighted by Crippen LogP contribution is 2.54. The van der Waals surface area contributed by atoms with Gasteiger partial charge in [0, 0.05) is 18.0 Å². The standard InChI is InChI=1S/C25H38N2O3Si/c1-22(2,3)30-21(28)27-24(12-11-20-10-9-17-26-18-20)13-15-25(27,16-14-24)19-29-31(7,8)23(4,5)6/h9-10,17-18H,13-16,19H2,1-8H3. The first-order valence-corrected chi connectivity index (χ1v) is 14.2. The molecule has 2 bridgehead atoms. The van der Waals surface area contributed by atoms with Crippen LogP contribution in [0.4, 0.5) is 4.79 Å². The minimum absolute atomic E-state index is 0.120. The molecule has 0 saturated carbocycles. The smallest absolute Gasteiger partial charge is 0.412 e. The van der Waals surface area contributed by atoms with Crippen molar-refractivity contribution in [1.29, 1.82) is 0 Å². The normalized spacial score (nSPS) is 25.9. The molecule has 170 valence electrons. The number of pyridine rings is 1. The van der Waals surface area contributed by atoms with Crippen LogP contribution >= 0.6 is 0 Å². The van der Waals surface area contributed by atoms with Gasteiger partial charge in [-0.15, -0.1) is 0 Å². The first-order valence-electron chi connectivity index (χ1n) is 11.3.